The molecule has 52 heavy (non-hydrogen) atoms. The normalized spacial score (nSPS) is 16.8. The molecule has 0 amide bonds. The fourth-order valence-corrected chi connectivity index (χ4v) is 7.74. The topological polar surface area (TPSA) is 48.6 Å². The van der Waals surface area contributed by atoms with E-state index in [2.05, 4.69) is 161 Å². The van der Waals surface area contributed by atoms with E-state index in [0.717, 1.165) is 56.8 Å². The van der Waals surface area contributed by atoms with Crippen LogP contribution in [0.15, 0.2) is 133 Å². The van der Waals surface area contributed by atoms with Crippen molar-refractivity contribution in [1.82, 2.24) is 9.55 Å². The van der Waals surface area contributed by atoms with Gasteiger partial charge in [0.2, 0.25) is 5.90 Å². The Morgan fingerprint density at radius 1 is 0.635 bits per heavy atom. The molecule has 2 aromatic heterocycles. The summed E-state index contributed by atoms with van der Waals surface area (Å²) in [5.41, 5.74) is 10.3. The van der Waals surface area contributed by atoms with Crippen LogP contribution in [0.2, 0.25) is 0 Å². The highest BCUT2D eigenvalue weighted by atomic mass is 16.5. The lowest BCUT2D eigenvalue weighted by Crippen LogP contribution is -2.12. The molecule has 5 heteroatoms. The summed E-state index contributed by atoms with van der Waals surface area (Å²) in [5, 5.41) is 2.37. The smallest absolute Gasteiger partial charge is 0.217 e. The Morgan fingerprint density at radius 2 is 1.38 bits per heavy atom. The van der Waals surface area contributed by atoms with Crippen LogP contribution in [0, 0.1) is 0 Å². The van der Waals surface area contributed by atoms with E-state index in [1.165, 1.54) is 27.6 Å². The maximum absolute atomic E-state index is 6.80. The van der Waals surface area contributed by atoms with Gasteiger partial charge in [-0.2, -0.15) is 0 Å². The number of aromatic nitrogens is 2. The van der Waals surface area contributed by atoms with Gasteiger partial charge in [0.25, 0.3) is 0 Å². The number of fused-ring (bicyclic) bond motifs is 6. The van der Waals surface area contributed by atoms with E-state index < -0.39 is 0 Å². The van der Waals surface area contributed by atoms with E-state index in [1.54, 1.807) is 0 Å². The van der Waals surface area contributed by atoms with Crippen LogP contribution in [0.1, 0.15) is 75.5 Å². The zero-order chi connectivity index (χ0) is 35.8. The molecule has 258 valence electrons. The summed E-state index contributed by atoms with van der Waals surface area (Å²) >= 11 is 0. The highest BCUT2D eigenvalue weighted by molar-refractivity contribution is 6.10. The zero-order valence-electron chi connectivity index (χ0n) is 30.6. The van der Waals surface area contributed by atoms with Gasteiger partial charge in [-0.3, -0.25) is 4.57 Å². The average molecular weight is 682 g/mol. The van der Waals surface area contributed by atoms with Crippen molar-refractivity contribution in [3.05, 3.63) is 155 Å². The fraction of sp³-hybridized carbons (Fsp3) is 0.234. The molecule has 1 aliphatic heterocycles. The molecule has 0 radical (unpaired) electrons. The van der Waals surface area contributed by atoms with E-state index >= 15 is 0 Å². The van der Waals surface area contributed by atoms with Crippen LogP contribution < -0.4 is 4.74 Å². The molecule has 9 rings (SSSR count). The Bertz CT molecular complexity index is 2530. The summed E-state index contributed by atoms with van der Waals surface area (Å²) in [4.78, 5) is 10.0. The predicted octanol–water partition coefficient (Wildman–Crippen LogP) is 11.7. The molecular formula is C47H43N3O2. The van der Waals surface area contributed by atoms with Crippen molar-refractivity contribution in [2.45, 2.75) is 70.9 Å². The van der Waals surface area contributed by atoms with Crippen molar-refractivity contribution in [3.8, 4) is 28.4 Å². The summed E-state index contributed by atoms with van der Waals surface area (Å²) in [6.45, 7) is 13.5. The van der Waals surface area contributed by atoms with Gasteiger partial charge in [0.15, 0.2) is 0 Å². The highest BCUT2D eigenvalue weighted by Crippen LogP contribution is 2.42. The minimum atomic E-state index is -0.0514. The molecule has 0 unspecified atom stereocenters. The molecule has 0 spiro atoms. The quantitative estimate of drug-likeness (QED) is 0.182. The van der Waals surface area contributed by atoms with Gasteiger partial charge in [-0.1, -0.05) is 102 Å². The third-order valence-corrected chi connectivity index (χ3v) is 10.6. The SMILES string of the molecule is CC(C)(C)c1ccnc(-n2c3ccc(C(C)(C)C)cc3c3ccc(Oc4cc(C5=N[C@@H]6Cc7ccccc7[C@@H]6O5)cc(-c5ccccc5)c4)cc32)c1. The fourth-order valence-electron chi connectivity index (χ4n) is 7.74. The lowest BCUT2D eigenvalue weighted by atomic mass is 9.86. The number of pyridine rings is 1. The standard InChI is InChI=1S/C47H43N3O2/c1-46(2,3)33-16-19-41-39(26-33)38-18-17-35(28-42(38)50(41)43-27-34(20-21-48-43)47(4,5)6)51-36-23-31(29-12-8-7-9-13-29)22-32(24-36)45-49-40-25-30-14-10-11-15-37(30)44(40)52-45/h7-24,26-28,40,44H,25H2,1-6H3/t40-,44+/m1/s1. The van der Waals surface area contributed by atoms with E-state index in [9.17, 15) is 0 Å². The Balaban J connectivity index is 1.16. The highest BCUT2D eigenvalue weighted by Gasteiger charge is 2.39. The van der Waals surface area contributed by atoms with Gasteiger partial charge >= 0.3 is 0 Å². The lowest BCUT2D eigenvalue weighted by Gasteiger charge is -2.20. The second-order valence-electron chi connectivity index (χ2n) is 16.3. The molecule has 0 fully saturated rings. The number of hydrogen-bond acceptors (Lipinski definition) is 4. The Hall–Kier alpha value is -5.68. The molecule has 7 aromatic rings. The Kier molecular flexibility index (Phi) is 7.41. The first-order valence-electron chi connectivity index (χ1n) is 18.3. The second kappa shape index (κ2) is 11.9. The van der Waals surface area contributed by atoms with Crippen LogP contribution in [0.4, 0.5) is 0 Å². The van der Waals surface area contributed by atoms with E-state index in [-0.39, 0.29) is 23.0 Å². The molecule has 0 saturated carbocycles. The summed E-state index contributed by atoms with van der Waals surface area (Å²) < 4.78 is 15.7. The Morgan fingerprint density at radius 3 is 2.19 bits per heavy atom. The van der Waals surface area contributed by atoms with Crippen LogP contribution in [0.3, 0.4) is 0 Å². The molecule has 0 N–H and O–H groups in total. The zero-order valence-corrected chi connectivity index (χ0v) is 30.6. The van der Waals surface area contributed by atoms with Gasteiger partial charge < -0.3 is 9.47 Å². The van der Waals surface area contributed by atoms with Crippen molar-refractivity contribution >= 4 is 27.7 Å². The predicted molar refractivity (Wildman–Crippen MR) is 212 cm³/mol. The van der Waals surface area contributed by atoms with E-state index in [0.29, 0.717) is 5.90 Å². The maximum atomic E-state index is 6.80. The molecule has 1 aliphatic carbocycles. The van der Waals surface area contributed by atoms with Crippen molar-refractivity contribution in [2.75, 3.05) is 0 Å². The van der Waals surface area contributed by atoms with Gasteiger partial charge in [0, 0.05) is 28.6 Å². The first-order chi connectivity index (χ1) is 25.0. The number of rotatable bonds is 5. The first-order valence-corrected chi connectivity index (χ1v) is 18.3. The summed E-state index contributed by atoms with van der Waals surface area (Å²) in [6.07, 6.45) is 2.77. The van der Waals surface area contributed by atoms with Crippen molar-refractivity contribution in [2.24, 2.45) is 4.99 Å². The van der Waals surface area contributed by atoms with Gasteiger partial charge in [-0.05, 0) is 105 Å². The first kappa shape index (κ1) is 32.2. The summed E-state index contributed by atoms with van der Waals surface area (Å²) in [5.74, 6) is 3.04. The van der Waals surface area contributed by atoms with Crippen molar-refractivity contribution in [3.63, 3.8) is 0 Å². The lowest BCUT2D eigenvalue weighted by molar-refractivity contribution is 0.209. The average Bonchev–Trinajstić information content (AvgIpc) is 3.80. The third kappa shape index (κ3) is 5.65. The van der Waals surface area contributed by atoms with E-state index in [4.69, 9.17) is 19.5 Å². The van der Waals surface area contributed by atoms with Crippen LogP contribution in [0.25, 0.3) is 38.8 Å². The molecule has 0 bridgehead atoms. The number of benzene rings is 5. The number of ether oxygens (including phenoxy) is 2. The molecular weight excluding hydrogens is 639 g/mol. The molecule has 2 atom stereocenters. The Labute approximate surface area is 305 Å². The van der Waals surface area contributed by atoms with Gasteiger partial charge in [0.05, 0.1) is 17.1 Å². The van der Waals surface area contributed by atoms with Crippen LogP contribution in [-0.2, 0) is 22.0 Å². The van der Waals surface area contributed by atoms with Gasteiger partial charge in [0.1, 0.15) is 23.4 Å². The molecule has 3 heterocycles. The van der Waals surface area contributed by atoms with Crippen molar-refractivity contribution < 1.29 is 9.47 Å². The van der Waals surface area contributed by atoms with Crippen LogP contribution >= 0.6 is 0 Å². The molecule has 0 saturated heterocycles. The largest absolute Gasteiger partial charge is 0.467 e. The summed E-state index contributed by atoms with van der Waals surface area (Å²) in [6, 6.07) is 43.0. The third-order valence-electron chi connectivity index (χ3n) is 10.6. The van der Waals surface area contributed by atoms with Crippen LogP contribution in [-0.4, -0.2) is 21.5 Å². The summed E-state index contributed by atoms with van der Waals surface area (Å²) in [7, 11) is 0. The maximum Gasteiger partial charge on any atom is 0.217 e. The van der Waals surface area contributed by atoms with Gasteiger partial charge in [-0.15, -0.1) is 0 Å². The minimum Gasteiger partial charge on any atom is -0.467 e. The van der Waals surface area contributed by atoms with E-state index in [1.807, 2.05) is 12.3 Å². The molecule has 2 aliphatic rings. The minimum absolute atomic E-state index is 0.0129. The van der Waals surface area contributed by atoms with Gasteiger partial charge in [-0.25, -0.2) is 9.98 Å². The molecule has 5 aromatic carbocycles. The van der Waals surface area contributed by atoms with Crippen molar-refractivity contribution in [1.29, 1.82) is 0 Å². The number of hydrogen-bond donors (Lipinski definition) is 0. The number of nitrogens with zero attached hydrogens (tertiary/aromatic N) is 3. The number of aliphatic imine (C=N–C) groups is 1. The van der Waals surface area contributed by atoms with Crippen LogP contribution in [0.5, 0.6) is 11.5 Å². The monoisotopic (exact) mass is 681 g/mol. The molecule has 5 nitrogen and oxygen atoms in total. The second-order valence-corrected chi connectivity index (χ2v) is 16.3.